The Morgan fingerprint density at radius 3 is 2.80 bits per heavy atom. The monoisotopic (exact) mass is 267 g/mol. The molecule has 0 bridgehead atoms. The second-order valence-corrected chi connectivity index (χ2v) is 5.24. The molecule has 1 N–H and O–H groups in total. The maximum absolute atomic E-state index is 3.65. The molecule has 2 rings (SSSR count). The van der Waals surface area contributed by atoms with Crippen molar-refractivity contribution in [3.8, 4) is 0 Å². The SMILES string of the molecule is Cc1c(Br)cccc1CNC1CCCC1. The number of hydrogen-bond donors (Lipinski definition) is 1. The van der Waals surface area contributed by atoms with Crippen molar-refractivity contribution >= 4 is 15.9 Å². The highest BCUT2D eigenvalue weighted by molar-refractivity contribution is 9.10. The van der Waals surface area contributed by atoms with Gasteiger partial charge in [0.25, 0.3) is 0 Å². The van der Waals surface area contributed by atoms with Gasteiger partial charge in [0, 0.05) is 17.1 Å². The lowest BCUT2D eigenvalue weighted by atomic mass is 10.1. The van der Waals surface area contributed by atoms with E-state index in [1.165, 1.54) is 41.3 Å². The van der Waals surface area contributed by atoms with Gasteiger partial charge in [-0.2, -0.15) is 0 Å². The highest BCUT2D eigenvalue weighted by Gasteiger charge is 2.14. The molecule has 0 heterocycles. The van der Waals surface area contributed by atoms with E-state index in [1.807, 2.05) is 0 Å². The van der Waals surface area contributed by atoms with E-state index in [4.69, 9.17) is 0 Å². The Morgan fingerprint density at radius 1 is 1.33 bits per heavy atom. The molecule has 0 amide bonds. The second kappa shape index (κ2) is 5.13. The van der Waals surface area contributed by atoms with Crippen LogP contribution in [0.1, 0.15) is 36.8 Å². The summed E-state index contributed by atoms with van der Waals surface area (Å²) < 4.78 is 1.22. The number of benzene rings is 1. The summed E-state index contributed by atoms with van der Waals surface area (Å²) in [5.41, 5.74) is 2.78. The van der Waals surface area contributed by atoms with E-state index in [1.54, 1.807) is 0 Å². The van der Waals surface area contributed by atoms with Crippen molar-refractivity contribution in [2.24, 2.45) is 0 Å². The summed E-state index contributed by atoms with van der Waals surface area (Å²) in [4.78, 5) is 0. The lowest BCUT2D eigenvalue weighted by Gasteiger charge is -2.13. The van der Waals surface area contributed by atoms with Crippen LogP contribution in [0.3, 0.4) is 0 Å². The molecule has 1 fully saturated rings. The fourth-order valence-corrected chi connectivity index (χ4v) is 2.64. The zero-order chi connectivity index (χ0) is 10.7. The van der Waals surface area contributed by atoms with Crippen LogP contribution in [0.25, 0.3) is 0 Å². The van der Waals surface area contributed by atoms with Crippen LogP contribution in [-0.4, -0.2) is 6.04 Å². The average molecular weight is 268 g/mol. The predicted molar refractivity (Wildman–Crippen MR) is 68.0 cm³/mol. The first-order valence-electron chi connectivity index (χ1n) is 5.75. The van der Waals surface area contributed by atoms with Crippen molar-refractivity contribution in [3.63, 3.8) is 0 Å². The molecule has 0 radical (unpaired) electrons. The number of rotatable bonds is 3. The van der Waals surface area contributed by atoms with Gasteiger partial charge in [0.15, 0.2) is 0 Å². The van der Waals surface area contributed by atoms with Gasteiger partial charge in [0.1, 0.15) is 0 Å². The summed E-state index contributed by atoms with van der Waals surface area (Å²) in [6.07, 6.45) is 5.50. The van der Waals surface area contributed by atoms with Gasteiger partial charge in [0.05, 0.1) is 0 Å². The minimum atomic E-state index is 0.753. The Bertz CT molecular complexity index is 329. The highest BCUT2D eigenvalue weighted by atomic mass is 79.9. The maximum Gasteiger partial charge on any atom is 0.0211 e. The second-order valence-electron chi connectivity index (χ2n) is 4.39. The van der Waals surface area contributed by atoms with Crippen LogP contribution in [0, 0.1) is 6.92 Å². The van der Waals surface area contributed by atoms with Crippen molar-refractivity contribution in [2.45, 2.75) is 45.2 Å². The van der Waals surface area contributed by atoms with Crippen LogP contribution in [0.5, 0.6) is 0 Å². The Hall–Kier alpha value is -0.340. The molecule has 82 valence electrons. The van der Waals surface area contributed by atoms with E-state index < -0.39 is 0 Å². The molecule has 15 heavy (non-hydrogen) atoms. The van der Waals surface area contributed by atoms with Crippen molar-refractivity contribution < 1.29 is 0 Å². The summed E-state index contributed by atoms with van der Waals surface area (Å²) in [5.74, 6) is 0. The molecule has 0 aliphatic heterocycles. The third-order valence-corrected chi connectivity index (χ3v) is 4.18. The van der Waals surface area contributed by atoms with Crippen LogP contribution in [0.15, 0.2) is 22.7 Å². The van der Waals surface area contributed by atoms with Crippen molar-refractivity contribution in [3.05, 3.63) is 33.8 Å². The van der Waals surface area contributed by atoms with Crippen molar-refractivity contribution in [1.82, 2.24) is 5.32 Å². The van der Waals surface area contributed by atoms with E-state index in [0.29, 0.717) is 0 Å². The first kappa shape index (κ1) is 11.2. The molecular formula is C13H18BrN. The van der Waals surface area contributed by atoms with Gasteiger partial charge in [-0.15, -0.1) is 0 Å². The van der Waals surface area contributed by atoms with E-state index in [2.05, 4.69) is 46.4 Å². The number of hydrogen-bond acceptors (Lipinski definition) is 1. The zero-order valence-corrected chi connectivity index (χ0v) is 10.8. The minimum Gasteiger partial charge on any atom is -0.310 e. The molecule has 1 aromatic carbocycles. The van der Waals surface area contributed by atoms with Gasteiger partial charge in [-0.1, -0.05) is 40.9 Å². The van der Waals surface area contributed by atoms with Gasteiger partial charge in [-0.05, 0) is 37.0 Å². The maximum atomic E-state index is 3.65. The smallest absolute Gasteiger partial charge is 0.0211 e. The Kier molecular flexibility index (Phi) is 3.81. The minimum absolute atomic E-state index is 0.753. The summed E-state index contributed by atoms with van der Waals surface area (Å²) in [6.45, 7) is 3.19. The van der Waals surface area contributed by atoms with Crippen molar-refractivity contribution in [1.29, 1.82) is 0 Å². The Labute approximate surface area is 100 Å². The van der Waals surface area contributed by atoms with Gasteiger partial charge in [-0.25, -0.2) is 0 Å². The summed E-state index contributed by atoms with van der Waals surface area (Å²) in [5, 5.41) is 3.65. The van der Waals surface area contributed by atoms with Crippen LogP contribution in [-0.2, 0) is 6.54 Å². The van der Waals surface area contributed by atoms with Crippen LogP contribution in [0.2, 0.25) is 0 Å². The van der Waals surface area contributed by atoms with Crippen LogP contribution in [0.4, 0.5) is 0 Å². The molecule has 0 aromatic heterocycles. The van der Waals surface area contributed by atoms with E-state index >= 15 is 0 Å². The third-order valence-electron chi connectivity index (χ3n) is 3.32. The van der Waals surface area contributed by atoms with Gasteiger partial charge < -0.3 is 5.32 Å². The van der Waals surface area contributed by atoms with E-state index in [9.17, 15) is 0 Å². The lowest BCUT2D eigenvalue weighted by Crippen LogP contribution is -2.25. The largest absolute Gasteiger partial charge is 0.310 e. The number of halogens is 1. The van der Waals surface area contributed by atoms with E-state index in [0.717, 1.165) is 12.6 Å². The first-order chi connectivity index (χ1) is 7.27. The summed E-state index contributed by atoms with van der Waals surface area (Å²) in [7, 11) is 0. The topological polar surface area (TPSA) is 12.0 Å². The molecule has 1 aromatic rings. The molecule has 1 nitrogen and oxygen atoms in total. The van der Waals surface area contributed by atoms with Gasteiger partial charge in [0.2, 0.25) is 0 Å². The molecule has 1 saturated carbocycles. The van der Waals surface area contributed by atoms with Gasteiger partial charge in [-0.3, -0.25) is 0 Å². The third kappa shape index (κ3) is 2.82. The molecule has 0 unspecified atom stereocenters. The molecule has 1 aliphatic carbocycles. The quantitative estimate of drug-likeness (QED) is 0.879. The molecule has 0 spiro atoms. The fourth-order valence-electron chi connectivity index (χ4n) is 2.23. The molecule has 2 heteroatoms. The fraction of sp³-hybridized carbons (Fsp3) is 0.538. The number of nitrogens with one attached hydrogen (secondary N) is 1. The average Bonchev–Trinajstić information content (AvgIpc) is 2.73. The van der Waals surface area contributed by atoms with Crippen molar-refractivity contribution in [2.75, 3.05) is 0 Å². The molecule has 1 aliphatic rings. The predicted octanol–water partition coefficient (Wildman–Crippen LogP) is 3.79. The normalized spacial score (nSPS) is 17.2. The van der Waals surface area contributed by atoms with E-state index in [-0.39, 0.29) is 0 Å². The Balaban J connectivity index is 1.95. The molecular weight excluding hydrogens is 250 g/mol. The standard InChI is InChI=1S/C13H18BrN/c1-10-11(5-4-8-13(10)14)9-15-12-6-2-3-7-12/h4-5,8,12,15H,2-3,6-7,9H2,1H3. The zero-order valence-electron chi connectivity index (χ0n) is 9.22. The van der Waals surface area contributed by atoms with Crippen LogP contribution < -0.4 is 5.32 Å². The Morgan fingerprint density at radius 2 is 2.07 bits per heavy atom. The summed E-state index contributed by atoms with van der Waals surface area (Å²) in [6, 6.07) is 7.18. The highest BCUT2D eigenvalue weighted by Crippen LogP contribution is 2.21. The summed E-state index contributed by atoms with van der Waals surface area (Å²) >= 11 is 3.57. The first-order valence-corrected chi connectivity index (χ1v) is 6.54. The molecule has 0 saturated heterocycles. The molecule has 0 atom stereocenters. The lowest BCUT2D eigenvalue weighted by molar-refractivity contribution is 0.523. The van der Waals surface area contributed by atoms with Crippen LogP contribution >= 0.6 is 15.9 Å². The van der Waals surface area contributed by atoms with Gasteiger partial charge >= 0.3 is 0 Å².